The van der Waals surface area contributed by atoms with Gasteiger partial charge < -0.3 is 20.4 Å². The molecule has 1 aliphatic rings. The first-order valence-electron chi connectivity index (χ1n) is 10.6. The minimum atomic E-state index is -5.31. The highest BCUT2D eigenvalue weighted by Gasteiger charge is 2.61. The number of carbonyl (C=O) groups is 2. The van der Waals surface area contributed by atoms with Gasteiger partial charge in [-0.05, 0) is 35.6 Å². The summed E-state index contributed by atoms with van der Waals surface area (Å²) < 4.78 is 42.1. The van der Waals surface area contributed by atoms with Gasteiger partial charge in [-0.2, -0.15) is 13.2 Å². The number of phenolic OH excluding ortho intramolecular Hbond substituents is 1. The molecule has 0 fully saturated rings. The van der Waals surface area contributed by atoms with Crippen molar-refractivity contribution in [2.45, 2.75) is 56.9 Å². The zero-order chi connectivity index (χ0) is 25.3. The van der Waals surface area contributed by atoms with Crippen molar-refractivity contribution < 1.29 is 37.8 Å². The number of alkyl halides is 3. The molecule has 0 bridgehead atoms. The molecular weight excluding hydrogens is 453 g/mol. The molecule has 0 saturated heterocycles. The number of nitrogens with zero attached hydrogens (tertiary/aromatic N) is 1. The number of carbonyl (C=O) groups excluding carboxylic acids is 2. The number of phenols is 1. The smallest absolute Gasteiger partial charge is 0.426 e. The van der Waals surface area contributed by atoms with Crippen molar-refractivity contribution in [2.75, 3.05) is 5.32 Å². The molecule has 182 valence electrons. The molecule has 0 aliphatic carbocycles. The zero-order valence-electron chi connectivity index (χ0n) is 18.8. The largest absolute Gasteiger partial charge is 0.508 e. The molecule has 1 amide bonds. The van der Waals surface area contributed by atoms with Crippen LogP contribution in [0.25, 0.3) is 0 Å². The fraction of sp³-hybridized carbons (Fsp3) is 0.375. The first kappa shape index (κ1) is 25.2. The van der Waals surface area contributed by atoms with E-state index in [0.29, 0.717) is 29.5 Å². The summed E-state index contributed by atoms with van der Waals surface area (Å²) in [5.41, 5.74) is -3.66. The third-order valence-electron chi connectivity index (χ3n) is 5.84. The van der Waals surface area contributed by atoms with E-state index in [1.807, 2.05) is 0 Å². The maximum absolute atomic E-state index is 14.0. The van der Waals surface area contributed by atoms with Gasteiger partial charge in [0.05, 0.1) is 5.71 Å². The summed E-state index contributed by atoms with van der Waals surface area (Å²) in [4.78, 5) is 29.2. The number of benzene rings is 2. The van der Waals surface area contributed by atoms with E-state index in [9.17, 15) is 33.0 Å². The standard InChI is InChI=1S/C24H25F3N2O5/c1-4-18-16-11-14(9-10-15(16)20(12-30)34-29-18)28-21(32)23(33,24(25,26)27)13-22(2,3)17-7-5-6-8-19(17)31/h5-12,20,31,33H,4,13H2,1-3H3,(H,28,32). The Morgan fingerprint density at radius 3 is 2.47 bits per heavy atom. The summed E-state index contributed by atoms with van der Waals surface area (Å²) in [6.45, 7) is 4.57. The fourth-order valence-corrected chi connectivity index (χ4v) is 4.04. The van der Waals surface area contributed by atoms with Gasteiger partial charge in [0.2, 0.25) is 11.7 Å². The van der Waals surface area contributed by atoms with Gasteiger partial charge in [0, 0.05) is 23.2 Å². The van der Waals surface area contributed by atoms with Gasteiger partial charge in [-0.3, -0.25) is 9.59 Å². The number of aldehydes is 1. The third kappa shape index (κ3) is 4.63. The van der Waals surface area contributed by atoms with Crippen molar-refractivity contribution in [1.82, 2.24) is 0 Å². The van der Waals surface area contributed by atoms with E-state index in [2.05, 4.69) is 10.5 Å². The molecule has 2 aromatic rings. The Morgan fingerprint density at radius 2 is 1.88 bits per heavy atom. The summed E-state index contributed by atoms with van der Waals surface area (Å²) >= 11 is 0. The van der Waals surface area contributed by atoms with Gasteiger partial charge >= 0.3 is 6.18 Å². The molecule has 1 aliphatic heterocycles. The van der Waals surface area contributed by atoms with Crippen LogP contribution in [-0.2, 0) is 19.8 Å². The van der Waals surface area contributed by atoms with Crippen LogP contribution in [0.5, 0.6) is 5.75 Å². The molecule has 2 aromatic carbocycles. The van der Waals surface area contributed by atoms with Crippen LogP contribution in [0.3, 0.4) is 0 Å². The van der Waals surface area contributed by atoms with Crippen LogP contribution in [0.15, 0.2) is 47.6 Å². The van der Waals surface area contributed by atoms with Crippen molar-refractivity contribution in [1.29, 1.82) is 0 Å². The molecule has 0 spiro atoms. The first-order chi connectivity index (χ1) is 15.8. The van der Waals surface area contributed by atoms with Crippen LogP contribution < -0.4 is 5.32 Å². The Bertz CT molecular complexity index is 1130. The van der Waals surface area contributed by atoms with Crippen LogP contribution in [0.4, 0.5) is 18.9 Å². The summed E-state index contributed by atoms with van der Waals surface area (Å²) in [6, 6.07) is 9.97. The SMILES string of the molecule is CCC1=NOC(C=O)c2ccc(NC(=O)C(O)(CC(C)(C)c3ccccc3O)C(F)(F)F)cc21. The molecular formula is C24H25F3N2O5. The monoisotopic (exact) mass is 478 g/mol. The van der Waals surface area contributed by atoms with E-state index in [1.165, 1.54) is 50.2 Å². The van der Waals surface area contributed by atoms with Gasteiger partial charge in [-0.1, -0.05) is 50.2 Å². The van der Waals surface area contributed by atoms with E-state index in [0.717, 1.165) is 0 Å². The predicted molar refractivity (Wildman–Crippen MR) is 119 cm³/mol. The fourth-order valence-electron chi connectivity index (χ4n) is 4.04. The maximum atomic E-state index is 14.0. The average molecular weight is 478 g/mol. The van der Waals surface area contributed by atoms with Crippen LogP contribution >= 0.6 is 0 Å². The molecule has 10 heteroatoms. The topological polar surface area (TPSA) is 108 Å². The third-order valence-corrected chi connectivity index (χ3v) is 5.84. The Labute approximate surface area is 194 Å². The number of amides is 1. The quantitative estimate of drug-likeness (QED) is 0.512. The van der Waals surface area contributed by atoms with E-state index in [4.69, 9.17) is 4.84 Å². The molecule has 0 radical (unpaired) electrons. The first-order valence-corrected chi connectivity index (χ1v) is 10.6. The molecule has 2 unspecified atom stereocenters. The molecule has 0 aromatic heterocycles. The molecule has 7 nitrogen and oxygen atoms in total. The van der Waals surface area contributed by atoms with Crippen molar-refractivity contribution in [2.24, 2.45) is 5.16 Å². The second-order valence-corrected chi connectivity index (χ2v) is 8.75. The second-order valence-electron chi connectivity index (χ2n) is 8.75. The van der Waals surface area contributed by atoms with Crippen molar-refractivity contribution in [3.05, 3.63) is 59.2 Å². The highest BCUT2D eigenvalue weighted by atomic mass is 19.4. The van der Waals surface area contributed by atoms with Crippen LogP contribution in [0.1, 0.15) is 56.4 Å². The van der Waals surface area contributed by atoms with E-state index in [-0.39, 0.29) is 17.0 Å². The molecule has 2 atom stereocenters. The van der Waals surface area contributed by atoms with Gasteiger partial charge in [0.15, 0.2) is 6.29 Å². The van der Waals surface area contributed by atoms with Crippen LogP contribution in [-0.4, -0.2) is 39.9 Å². The number of oxime groups is 1. The Kier molecular flexibility index (Phi) is 6.75. The number of nitrogens with one attached hydrogen (secondary N) is 1. The average Bonchev–Trinajstić information content (AvgIpc) is 2.77. The van der Waals surface area contributed by atoms with Gasteiger partial charge in [0.1, 0.15) is 5.75 Å². The van der Waals surface area contributed by atoms with Crippen LogP contribution in [0.2, 0.25) is 0 Å². The van der Waals surface area contributed by atoms with Crippen LogP contribution in [0, 0.1) is 0 Å². The van der Waals surface area contributed by atoms with Gasteiger partial charge in [-0.15, -0.1) is 0 Å². The van der Waals surface area contributed by atoms with Crippen molar-refractivity contribution >= 4 is 23.6 Å². The van der Waals surface area contributed by atoms with Crippen molar-refractivity contribution in [3.8, 4) is 5.75 Å². The minimum absolute atomic E-state index is 0.0144. The Hall–Kier alpha value is -3.40. The maximum Gasteiger partial charge on any atom is 0.426 e. The number of aliphatic hydroxyl groups is 1. The Balaban J connectivity index is 1.95. The number of aromatic hydroxyl groups is 1. The number of anilines is 1. The summed E-state index contributed by atoms with van der Waals surface area (Å²) in [5, 5.41) is 26.8. The normalized spacial score (nSPS) is 17.6. The molecule has 1 heterocycles. The molecule has 3 rings (SSSR count). The van der Waals surface area contributed by atoms with E-state index >= 15 is 0 Å². The number of hydrogen-bond acceptors (Lipinski definition) is 6. The Morgan fingerprint density at radius 1 is 1.21 bits per heavy atom. The molecule has 34 heavy (non-hydrogen) atoms. The zero-order valence-corrected chi connectivity index (χ0v) is 18.8. The number of rotatable bonds is 7. The van der Waals surface area contributed by atoms with Gasteiger partial charge in [-0.25, -0.2) is 0 Å². The lowest BCUT2D eigenvalue weighted by atomic mass is 9.74. The second kappa shape index (κ2) is 9.09. The molecule has 3 N–H and O–H groups in total. The lowest BCUT2D eigenvalue weighted by Gasteiger charge is -2.37. The van der Waals surface area contributed by atoms with Gasteiger partial charge in [0.25, 0.3) is 5.91 Å². The number of para-hydroxylation sites is 1. The summed E-state index contributed by atoms with van der Waals surface area (Å²) in [7, 11) is 0. The summed E-state index contributed by atoms with van der Waals surface area (Å²) in [6.07, 6.45) is -6.37. The predicted octanol–water partition coefficient (Wildman–Crippen LogP) is 4.38. The number of halogens is 3. The number of fused-ring (bicyclic) bond motifs is 1. The van der Waals surface area contributed by atoms with Crippen molar-refractivity contribution in [3.63, 3.8) is 0 Å². The summed E-state index contributed by atoms with van der Waals surface area (Å²) in [5.74, 6) is -1.91. The highest BCUT2D eigenvalue weighted by Crippen LogP contribution is 2.44. The van der Waals surface area contributed by atoms with E-state index in [1.54, 1.807) is 13.0 Å². The minimum Gasteiger partial charge on any atom is -0.508 e. The lowest BCUT2D eigenvalue weighted by Crippen LogP contribution is -2.57. The van der Waals surface area contributed by atoms with E-state index < -0.39 is 35.6 Å². The molecule has 0 saturated carbocycles. The lowest BCUT2D eigenvalue weighted by molar-refractivity contribution is -0.254. The highest BCUT2D eigenvalue weighted by molar-refractivity contribution is 6.05. The number of hydrogen-bond donors (Lipinski definition) is 3.